The maximum absolute atomic E-state index is 13.8. The molecular formula is C28H39N3O6. The molecule has 4 N–H and O–H groups in total. The molecule has 3 amide bonds. The lowest BCUT2D eigenvalue weighted by molar-refractivity contribution is -0.157. The van der Waals surface area contributed by atoms with E-state index >= 15 is 0 Å². The van der Waals surface area contributed by atoms with Crippen molar-refractivity contribution in [2.45, 2.75) is 77.5 Å². The molecule has 9 heteroatoms. The molecule has 37 heavy (non-hydrogen) atoms. The van der Waals surface area contributed by atoms with Crippen LogP contribution >= 0.6 is 0 Å². The summed E-state index contributed by atoms with van der Waals surface area (Å²) in [6.45, 7) is 5.46. The Hall–Kier alpha value is -3.01. The summed E-state index contributed by atoms with van der Waals surface area (Å²) in [7, 11) is 1.32. The van der Waals surface area contributed by atoms with Crippen molar-refractivity contribution < 1.29 is 29.2 Å². The molecule has 0 saturated heterocycles. The maximum Gasteiger partial charge on any atom is 0.273 e. The normalized spacial score (nSPS) is 17.0. The second kappa shape index (κ2) is 13.0. The van der Waals surface area contributed by atoms with E-state index in [0.29, 0.717) is 0 Å². The molecule has 9 nitrogen and oxygen atoms in total. The van der Waals surface area contributed by atoms with Crippen LogP contribution in [0.15, 0.2) is 42.5 Å². The van der Waals surface area contributed by atoms with Gasteiger partial charge in [0.05, 0.1) is 19.1 Å². The molecule has 2 aromatic carbocycles. The van der Waals surface area contributed by atoms with Gasteiger partial charge in [-0.15, -0.1) is 0 Å². The van der Waals surface area contributed by atoms with Crippen molar-refractivity contribution in [1.29, 1.82) is 0 Å². The summed E-state index contributed by atoms with van der Waals surface area (Å²) in [5, 5.41) is 14.4. The third-order valence-electron chi connectivity index (χ3n) is 6.85. The molecule has 1 saturated carbocycles. The van der Waals surface area contributed by atoms with Crippen LogP contribution in [0.25, 0.3) is 10.8 Å². The topological polar surface area (TPSA) is 126 Å². The summed E-state index contributed by atoms with van der Waals surface area (Å²) in [4.78, 5) is 44.2. The van der Waals surface area contributed by atoms with Gasteiger partial charge in [-0.2, -0.15) is 0 Å². The molecule has 0 heterocycles. The summed E-state index contributed by atoms with van der Waals surface area (Å²) in [5.41, 5.74) is 4.16. The second-order valence-corrected chi connectivity index (χ2v) is 10.8. The average Bonchev–Trinajstić information content (AvgIpc) is 2.88. The van der Waals surface area contributed by atoms with Crippen molar-refractivity contribution in [2.75, 3.05) is 7.11 Å². The Labute approximate surface area is 218 Å². The van der Waals surface area contributed by atoms with E-state index in [1.165, 1.54) is 7.11 Å². The Morgan fingerprint density at radius 1 is 0.973 bits per heavy atom. The molecule has 3 atom stereocenters. The van der Waals surface area contributed by atoms with Crippen LogP contribution in [-0.2, 0) is 30.4 Å². The predicted molar refractivity (Wildman–Crippen MR) is 139 cm³/mol. The summed E-state index contributed by atoms with van der Waals surface area (Å²) in [6.07, 6.45) is 3.33. The molecule has 1 aliphatic carbocycles. The van der Waals surface area contributed by atoms with Crippen molar-refractivity contribution >= 4 is 28.5 Å². The minimum atomic E-state index is -1.24. The van der Waals surface area contributed by atoms with Gasteiger partial charge in [0.25, 0.3) is 11.8 Å². The van der Waals surface area contributed by atoms with Gasteiger partial charge < -0.3 is 10.1 Å². The summed E-state index contributed by atoms with van der Waals surface area (Å²) >= 11 is 0. The van der Waals surface area contributed by atoms with Gasteiger partial charge in [0, 0.05) is 0 Å². The number of carbonyl (C=O) groups is 3. The smallest absolute Gasteiger partial charge is 0.273 e. The van der Waals surface area contributed by atoms with E-state index in [0.717, 1.165) is 48.4 Å². The largest absolute Gasteiger partial charge is 0.364 e. The van der Waals surface area contributed by atoms with E-state index < -0.39 is 41.2 Å². The van der Waals surface area contributed by atoms with Crippen molar-refractivity contribution in [1.82, 2.24) is 16.3 Å². The van der Waals surface area contributed by atoms with Crippen molar-refractivity contribution in [3.63, 3.8) is 0 Å². The summed E-state index contributed by atoms with van der Waals surface area (Å²) in [6, 6.07) is 12.8. The van der Waals surface area contributed by atoms with Gasteiger partial charge in [-0.25, -0.2) is 11.0 Å². The van der Waals surface area contributed by atoms with Crippen molar-refractivity contribution in [3.05, 3.63) is 48.0 Å². The first-order valence-corrected chi connectivity index (χ1v) is 12.8. The van der Waals surface area contributed by atoms with Crippen LogP contribution in [0.5, 0.6) is 0 Å². The molecule has 0 bridgehead atoms. The van der Waals surface area contributed by atoms with Gasteiger partial charge in [0.2, 0.25) is 5.91 Å². The number of carbonyl (C=O) groups excluding carboxylic acids is 3. The zero-order chi connectivity index (χ0) is 27.0. The fourth-order valence-corrected chi connectivity index (χ4v) is 4.85. The fraction of sp³-hybridized carbons (Fsp3) is 0.536. The molecule has 202 valence electrons. The number of benzene rings is 2. The zero-order valence-electron chi connectivity index (χ0n) is 22.1. The quantitative estimate of drug-likeness (QED) is 0.285. The number of amides is 3. The Morgan fingerprint density at radius 3 is 2.27 bits per heavy atom. The van der Waals surface area contributed by atoms with Gasteiger partial charge in [0.1, 0.15) is 6.04 Å². The van der Waals surface area contributed by atoms with Crippen LogP contribution in [0.3, 0.4) is 0 Å². The first-order chi connectivity index (χ1) is 17.6. The van der Waals surface area contributed by atoms with Crippen LogP contribution in [-0.4, -0.2) is 48.3 Å². The van der Waals surface area contributed by atoms with Gasteiger partial charge in [-0.05, 0) is 41.0 Å². The van der Waals surface area contributed by atoms with E-state index in [1.807, 2.05) is 63.2 Å². The molecule has 1 aliphatic rings. The number of hydroxylamine groups is 2. The van der Waals surface area contributed by atoms with Gasteiger partial charge >= 0.3 is 0 Å². The first kappa shape index (κ1) is 28.6. The molecule has 0 aliphatic heterocycles. The van der Waals surface area contributed by atoms with Crippen LogP contribution in [0.4, 0.5) is 0 Å². The lowest BCUT2D eigenvalue weighted by atomic mass is 9.84. The zero-order valence-corrected chi connectivity index (χ0v) is 22.1. The van der Waals surface area contributed by atoms with Gasteiger partial charge in [-0.1, -0.05) is 82.5 Å². The van der Waals surface area contributed by atoms with E-state index in [1.54, 1.807) is 5.48 Å². The molecule has 0 spiro atoms. The highest BCUT2D eigenvalue weighted by atomic mass is 16.6. The molecule has 3 rings (SSSR count). The van der Waals surface area contributed by atoms with Gasteiger partial charge in [-0.3, -0.25) is 24.4 Å². The second-order valence-electron chi connectivity index (χ2n) is 10.8. The van der Waals surface area contributed by atoms with E-state index in [-0.39, 0.29) is 12.5 Å². The Balaban J connectivity index is 1.96. The third-order valence-corrected chi connectivity index (χ3v) is 6.85. The lowest BCUT2D eigenvalue weighted by Crippen LogP contribution is -2.57. The van der Waals surface area contributed by atoms with Crippen LogP contribution in [0, 0.1) is 11.3 Å². The number of rotatable bonds is 10. The lowest BCUT2D eigenvalue weighted by Gasteiger charge is -2.34. The van der Waals surface area contributed by atoms with Crippen molar-refractivity contribution in [3.8, 4) is 0 Å². The minimum Gasteiger partial charge on any atom is -0.364 e. The molecule has 2 aromatic rings. The highest BCUT2D eigenvalue weighted by Gasteiger charge is 2.40. The number of hydrogen-bond acceptors (Lipinski definition) is 6. The minimum absolute atomic E-state index is 0.171. The molecule has 0 radical (unpaired) electrons. The standard InChI is InChI=1S/C28H39N3O6/c1-28(2,3)24(27(34)31-36-4)29-25(32)22(17-18-14-15-19-10-8-9-11-20(19)16-18)23(26(33)30-35)37-21-12-6-5-7-13-21/h8-11,14-16,21-24,35H,5-7,12-13,17H2,1-4H3,(H,29,32)(H,30,33)(H,31,34)/t22?,23-,24+/m0/s1. The Bertz CT molecular complexity index is 1080. The number of hydrogen-bond donors (Lipinski definition) is 4. The summed E-state index contributed by atoms with van der Waals surface area (Å²) < 4.78 is 6.20. The Morgan fingerprint density at radius 2 is 1.65 bits per heavy atom. The van der Waals surface area contributed by atoms with Crippen LogP contribution < -0.4 is 16.3 Å². The third kappa shape index (κ3) is 7.74. The monoisotopic (exact) mass is 513 g/mol. The van der Waals surface area contributed by atoms with Gasteiger partial charge in [0.15, 0.2) is 6.10 Å². The Kier molecular flexibility index (Phi) is 10.0. The predicted octanol–water partition coefficient (Wildman–Crippen LogP) is 3.43. The maximum atomic E-state index is 13.8. The van der Waals surface area contributed by atoms with E-state index in [2.05, 4.69) is 10.8 Å². The number of fused-ring (bicyclic) bond motifs is 1. The number of ether oxygens (including phenoxy) is 1. The molecule has 0 aromatic heterocycles. The van der Waals surface area contributed by atoms with Crippen molar-refractivity contribution in [2.24, 2.45) is 11.3 Å². The van der Waals surface area contributed by atoms with E-state index in [4.69, 9.17) is 9.57 Å². The summed E-state index contributed by atoms with van der Waals surface area (Å²) in [5.74, 6) is -2.83. The number of nitrogens with one attached hydrogen (secondary N) is 3. The van der Waals surface area contributed by atoms with E-state index in [9.17, 15) is 19.6 Å². The first-order valence-electron chi connectivity index (χ1n) is 12.8. The molecule has 1 unspecified atom stereocenters. The SMILES string of the molecule is CONC(=O)[C@@H](NC(=O)C(Cc1ccc2ccccc2c1)[C@H](OC1CCCCC1)C(=O)NO)C(C)(C)C. The molecule has 1 fully saturated rings. The van der Waals surface area contributed by atoms with Crippen LogP contribution in [0.1, 0.15) is 58.4 Å². The molecular weight excluding hydrogens is 474 g/mol. The van der Waals surface area contributed by atoms with Crippen LogP contribution in [0.2, 0.25) is 0 Å². The fourth-order valence-electron chi connectivity index (χ4n) is 4.85. The average molecular weight is 514 g/mol. The highest BCUT2D eigenvalue weighted by Crippen LogP contribution is 2.27. The highest BCUT2D eigenvalue weighted by molar-refractivity contribution is 5.93.